The third-order valence-corrected chi connectivity index (χ3v) is 4.15. The summed E-state index contributed by atoms with van der Waals surface area (Å²) in [5.41, 5.74) is 1.11. The summed E-state index contributed by atoms with van der Waals surface area (Å²) in [6.07, 6.45) is 6.12. The van der Waals surface area contributed by atoms with E-state index in [4.69, 9.17) is 0 Å². The topological polar surface area (TPSA) is 46.0 Å². The molecule has 2 bridgehead atoms. The molecule has 0 radical (unpaired) electrons. The van der Waals surface area contributed by atoms with Gasteiger partial charge >= 0.3 is 0 Å². The maximum atomic E-state index is 4.32. The lowest BCUT2D eigenvalue weighted by atomic mass is 9.94. The summed E-state index contributed by atoms with van der Waals surface area (Å²) in [5.74, 6) is 0. The Hall–Kier alpha value is -0.940. The number of nitrogens with one attached hydrogen (secondary N) is 1. The summed E-state index contributed by atoms with van der Waals surface area (Å²) in [6.45, 7) is 9.70. The van der Waals surface area contributed by atoms with Crippen LogP contribution >= 0.6 is 0 Å². The zero-order valence-electron chi connectivity index (χ0n) is 12.3. The van der Waals surface area contributed by atoms with Gasteiger partial charge in [0.2, 0.25) is 0 Å². The molecule has 2 aliphatic heterocycles. The number of hydrogen-bond donors (Lipinski definition) is 1. The van der Waals surface area contributed by atoms with E-state index in [2.05, 4.69) is 47.5 Å². The summed E-state index contributed by atoms with van der Waals surface area (Å²) in [7, 11) is 0. The lowest BCUT2D eigenvalue weighted by Gasteiger charge is -2.42. The molecule has 5 nitrogen and oxygen atoms in total. The zero-order chi connectivity index (χ0) is 13.5. The summed E-state index contributed by atoms with van der Waals surface area (Å²) in [5, 5.41) is 12.3. The minimum atomic E-state index is 0.0191. The highest BCUT2D eigenvalue weighted by Crippen LogP contribution is 2.21. The molecule has 1 N–H and O–H groups in total. The summed E-state index contributed by atoms with van der Waals surface area (Å²) in [6, 6.07) is 1.37. The Morgan fingerprint density at radius 1 is 1.26 bits per heavy atom. The lowest BCUT2D eigenvalue weighted by molar-refractivity contribution is 0.118. The van der Waals surface area contributed by atoms with Crippen molar-refractivity contribution in [3.05, 3.63) is 11.9 Å². The highest BCUT2D eigenvalue weighted by molar-refractivity contribution is 4.98. The molecule has 19 heavy (non-hydrogen) atoms. The van der Waals surface area contributed by atoms with Crippen molar-refractivity contribution in [3.8, 4) is 0 Å². The molecular weight excluding hydrogens is 238 g/mol. The molecule has 2 saturated heterocycles. The average molecular weight is 263 g/mol. The van der Waals surface area contributed by atoms with Crippen molar-refractivity contribution < 1.29 is 0 Å². The van der Waals surface area contributed by atoms with E-state index in [0.717, 1.165) is 25.3 Å². The van der Waals surface area contributed by atoms with Crippen LogP contribution in [0, 0.1) is 0 Å². The van der Waals surface area contributed by atoms with Crippen LogP contribution in [-0.4, -0.2) is 45.1 Å². The molecule has 3 heterocycles. The second-order valence-electron chi connectivity index (χ2n) is 7.01. The molecule has 0 spiro atoms. The van der Waals surface area contributed by atoms with Crippen molar-refractivity contribution >= 4 is 0 Å². The van der Waals surface area contributed by atoms with Gasteiger partial charge in [-0.05, 0) is 33.6 Å². The highest BCUT2D eigenvalue weighted by atomic mass is 15.4. The minimum absolute atomic E-state index is 0.0191. The number of likely N-dealkylation sites (tertiary alicyclic amines) is 1. The van der Waals surface area contributed by atoms with Crippen LogP contribution in [0.5, 0.6) is 0 Å². The van der Waals surface area contributed by atoms with Gasteiger partial charge in [-0.25, -0.2) is 4.68 Å². The molecule has 0 aliphatic carbocycles. The van der Waals surface area contributed by atoms with Crippen LogP contribution in [0.1, 0.15) is 45.7 Å². The van der Waals surface area contributed by atoms with E-state index in [1.165, 1.54) is 19.3 Å². The number of rotatable bonds is 2. The SMILES string of the molecule is CC(C)(C)n1cc(CN2CC3CCCC(C2)N3)nn1. The molecule has 2 atom stereocenters. The van der Waals surface area contributed by atoms with E-state index in [0.29, 0.717) is 12.1 Å². The number of hydrogen-bond acceptors (Lipinski definition) is 4. The van der Waals surface area contributed by atoms with Crippen molar-refractivity contribution in [1.82, 2.24) is 25.2 Å². The molecule has 106 valence electrons. The second kappa shape index (κ2) is 4.87. The first-order valence-electron chi connectivity index (χ1n) is 7.41. The smallest absolute Gasteiger partial charge is 0.0967 e. The van der Waals surface area contributed by atoms with Gasteiger partial charge in [-0.15, -0.1) is 5.10 Å². The number of piperazine rings is 1. The van der Waals surface area contributed by atoms with Crippen molar-refractivity contribution in [1.29, 1.82) is 0 Å². The monoisotopic (exact) mass is 263 g/mol. The van der Waals surface area contributed by atoms with Crippen LogP contribution in [0.2, 0.25) is 0 Å². The van der Waals surface area contributed by atoms with Crippen LogP contribution < -0.4 is 5.32 Å². The average Bonchev–Trinajstić information content (AvgIpc) is 2.76. The quantitative estimate of drug-likeness (QED) is 0.875. The lowest BCUT2D eigenvalue weighted by Crippen LogP contribution is -2.58. The van der Waals surface area contributed by atoms with Gasteiger partial charge in [0.25, 0.3) is 0 Å². The zero-order valence-corrected chi connectivity index (χ0v) is 12.3. The van der Waals surface area contributed by atoms with Crippen molar-refractivity contribution in [3.63, 3.8) is 0 Å². The van der Waals surface area contributed by atoms with Gasteiger partial charge in [-0.1, -0.05) is 11.6 Å². The van der Waals surface area contributed by atoms with Gasteiger partial charge in [0.15, 0.2) is 0 Å². The van der Waals surface area contributed by atoms with E-state index in [-0.39, 0.29) is 5.54 Å². The Morgan fingerprint density at radius 3 is 2.53 bits per heavy atom. The van der Waals surface area contributed by atoms with Crippen molar-refractivity contribution in [2.45, 2.75) is 64.2 Å². The molecule has 5 heteroatoms. The normalized spacial score (nSPS) is 28.6. The fourth-order valence-corrected chi connectivity index (χ4v) is 3.15. The Balaban J connectivity index is 1.63. The third-order valence-electron chi connectivity index (χ3n) is 4.15. The molecule has 3 rings (SSSR count). The fourth-order valence-electron chi connectivity index (χ4n) is 3.15. The van der Waals surface area contributed by atoms with Crippen molar-refractivity contribution in [2.75, 3.05) is 13.1 Å². The molecule has 2 unspecified atom stereocenters. The Morgan fingerprint density at radius 2 is 1.95 bits per heavy atom. The van der Waals surface area contributed by atoms with Gasteiger partial charge in [-0.3, -0.25) is 4.90 Å². The van der Waals surface area contributed by atoms with Gasteiger partial charge in [0.1, 0.15) is 0 Å². The molecule has 1 aromatic rings. The minimum Gasteiger partial charge on any atom is -0.309 e. The van der Waals surface area contributed by atoms with Gasteiger partial charge in [0, 0.05) is 31.7 Å². The first kappa shape index (κ1) is 13.1. The van der Waals surface area contributed by atoms with Crippen LogP contribution in [0.4, 0.5) is 0 Å². The maximum Gasteiger partial charge on any atom is 0.0967 e. The van der Waals surface area contributed by atoms with Crippen molar-refractivity contribution in [2.24, 2.45) is 0 Å². The third kappa shape index (κ3) is 2.98. The predicted molar refractivity (Wildman–Crippen MR) is 74.9 cm³/mol. The van der Waals surface area contributed by atoms with E-state index in [1.54, 1.807) is 0 Å². The van der Waals surface area contributed by atoms with Gasteiger partial charge < -0.3 is 5.32 Å². The van der Waals surface area contributed by atoms with Crippen LogP contribution in [0.15, 0.2) is 6.20 Å². The molecule has 0 saturated carbocycles. The fraction of sp³-hybridized carbons (Fsp3) is 0.857. The largest absolute Gasteiger partial charge is 0.309 e. The predicted octanol–water partition coefficient (Wildman–Crippen LogP) is 1.36. The molecular formula is C14H25N5. The first-order chi connectivity index (χ1) is 9.00. The van der Waals surface area contributed by atoms with Crippen LogP contribution in [-0.2, 0) is 12.1 Å². The molecule has 2 fully saturated rings. The maximum absolute atomic E-state index is 4.32. The Bertz CT molecular complexity index is 421. The van der Waals surface area contributed by atoms with E-state index in [1.807, 2.05) is 4.68 Å². The Labute approximate surface area is 115 Å². The van der Waals surface area contributed by atoms with Crippen LogP contribution in [0.25, 0.3) is 0 Å². The molecule has 0 aromatic carbocycles. The van der Waals surface area contributed by atoms with E-state index < -0.39 is 0 Å². The highest BCUT2D eigenvalue weighted by Gasteiger charge is 2.30. The van der Waals surface area contributed by atoms with Crippen LogP contribution in [0.3, 0.4) is 0 Å². The van der Waals surface area contributed by atoms with Gasteiger partial charge in [0.05, 0.1) is 17.4 Å². The number of aromatic nitrogens is 3. The molecule has 0 amide bonds. The van der Waals surface area contributed by atoms with Gasteiger partial charge in [-0.2, -0.15) is 0 Å². The van der Waals surface area contributed by atoms with E-state index in [9.17, 15) is 0 Å². The standard InChI is InChI=1S/C14H25N5/c1-14(2,3)19-10-13(16-17-19)9-18-7-11-5-4-6-12(8-18)15-11/h10-12,15H,4-9H2,1-3H3. The molecule has 2 aliphatic rings. The summed E-state index contributed by atoms with van der Waals surface area (Å²) >= 11 is 0. The first-order valence-corrected chi connectivity index (χ1v) is 7.41. The molecule has 1 aromatic heterocycles. The summed E-state index contributed by atoms with van der Waals surface area (Å²) < 4.78 is 1.96. The summed E-state index contributed by atoms with van der Waals surface area (Å²) in [4.78, 5) is 2.53. The number of piperidine rings is 1. The number of fused-ring (bicyclic) bond motifs is 2. The number of nitrogens with zero attached hydrogens (tertiary/aromatic N) is 4. The Kier molecular flexibility index (Phi) is 3.35. The second-order valence-corrected chi connectivity index (χ2v) is 7.01. The van der Waals surface area contributed by atoms with E-state index >= 15 is 0 Å².